The van der Waals surface area contributed by atoms with Crippen LogP contribution in [0.4, 0.5) is 5.69 Å². The first-order valence-electron chi connectivity index (χ1n) is 7.06. The number of aryl methyl sites for hydroxylation is 1. The molecular weight excluding hydrogens is 302 g/mol. The highest BCUT2D eigenvalue weighted by molar-refractivity contribution is 6.30. The number of carbonyl (C=O) groups is 1. The highest BCUT2D eigenvalue weighted by atomic mass is 35.5. The summed E-state index contributed by atoms with van der Waals surface area (Å²) < 4.78 is 11.1. The van der Waals surface area contributed by atoms with E-state index in [1.165, 1.54) is 0 Å². The number of ether oxygens (including phenoxy) is 2. The van der Waals surface area contributed by atoms with Crippen LogP contribution in [0.2, 0.25) is 5.02 Å². The molecule has 0 N–H and O–H groups in total. The molecule has 0 fully saturated rings. The summed E-state index contributed by atoms with van der Waals surface area (Å²) in [5.41, 5.74) is 1.89. The van der Waals surface area contributed by atoms with Crippen LogP contribution in [0.15, 0.2) is 42.5 Å². The Kier molecular flexibility index (Phi) is 4.20. The van der Waals surface area contributed by atoms with Gasteiger partial charge in [-0.1, -0.05) is 17.7 Å². The van der Waals surface area contributed by atoms with Crippen LogP contribution in [0.1, 0.15) is 5.56 Å². The predicted molar refractivity (Wildman–Crippen MR) is 86.0 cm³/mol. The standard InChI is InChI=1S/C17H16ClNO3/c1-12-2-7-16-15(10-12)19(8-9-21-16)17(20)11-22-14-5-3-13(18)4-6-14/h2-7,10H,8-9,11H2,1H3. The lowest BCUT2D eigenvalue weighted by molar-refractivity contribution is -0.120. The molecular formula is C17H16ClNO3. The zero-order valence-corrected chi connectivity index (χ0v) is 13.0. The van der Waals surface area contributed by atoms with E-state index in [-0.39, 0.29) is 12.5 Å². The Morgan fingerprint density at radius 2 is 2.05 bits per heavy atom. The van der Waals surface area contributed by atoms with Crippen molar-refractivity contribution in [3.8, 4) is 11.5 Å². The average Bonchev–Trinajstić information content (AvgIpc) is 2.53. The molecule has 5 heteroatoms. The lowest BCUT2D eigenvalue weighted by Gasteiger charge is -2.29. The van der Waals surface area contributed by atoms with Crippen LogP contribution < -0.4 is 14.4 Å². The molecule has 3 rings (SSSR count). The second-order valence-electron chi connectivity index (χ2n) is 5.11. The number of nitrogens with zero attached hydrogens (tertiary/aromatic N) is 1. The maximum atomic E-state index is 12.4. The number of hydrogen-bond acceptors (Lipinski definition) is 3. The van der Waals surface area contributed by atoms with Crippen LogP contribution in [0.25, 0.3) is 0 Å². The molecule has 22 heavy (non-hydrogen) atoms. The number of hydrogen-bond donors (Lipinski definition) is 0. The Morgan fingerprint density at radius 3 is 2.82 bits per heavy atom. The van der Waals surface area contributed by atoms with Crippen LogP contribution in [-0.4, -0.2) is 25.7 Å². The number of anilines is 1. The summed E-state index contributed by atoms with van der Waals surface area (Å²) in [6.07, 6.45) is 0. The molecule has 1 aliphatic heterocycles. The van der Waals surface area contributed by atoms with Gasteiger partial charge in [0.2, 0.25) is 0 Å². The van der Waals surface area contributed by atoms with Crippen LogP contribution in [0.5, 0.6) is 11.5 Å². The topological polar surface area (TPSA) is 38.8 Å². The Hall–Kier alpha value is -2.20. The van der Waals surface area contributed by atoms with Crippen molar-refractivity contribution in [3.63, 3.8) is 0 Å². The highest BCUT2D eigenvalue weighted by Gasteiger charge is 2.24. The summed E-state index contributed by atoms with van der Waals surface area (Å²) in [5, 5.41) is 0.635. The maximum absolute atomic E-state index is 12.4. The van der Waals surface area contributed by atoms with Gasteiger partial charge >= 0.3 is 0 Å². The van der Waals surface area contributed by atoms with E-state index in [0.717, 1.165) is 17.0 Å². The second kappa shape index (κ2) is 6.28. The number of fused-ring (bicyclic) bond motifs is 1. The van der Waals surface area contributed by atoms with Crippen molar-refractivity contribution in [1.29, 1.82) is 0 Å². The van der Waals surface area contributed by atoms with Crippen LogP contribution in [0.3, 0.4) is 0 Å². The molecule has 0 bridgehead atoms. The molecule has 2 aromatic carbocycles. The van der Waals surface area contributed by atoms with Gasteiger partial charge in [0.05, 0.1) is 12.2 Å². The summed E-state index contributed by atoms with van der Waals surface area (Å²) in [5.74, 6) is 1.26. The van der Waals surface area contributed by atoms with Gasteiger partial charge in [0.15, 0.2) is 6.61 Å². The van der Waals surface area contributed by atoms with Crippen molar-refractivity contribution in [3.05, 3.63) is 53.1 Å². The molecule has 1 heterocycles. The van der Waals surface area contributed by atoms with Gasteiger partial charge in [-0.3, -0.25) is 4.79 Å². The molecule has 0 spiro atoms. The Bertz CT molecular complexity index is 685. The van der Waals surface area contributed by atoms with Crippen molar-refractivity contribution in [2.45, 2.75) is 6.92 Å². The molecule has 4 nitrogen and oxygen atoms in total. The van der Waals surface area contributed by atoms with Crippen LogP contribution in [0, 0.1) is 6.92 Å². The highest BCUT2D eigenvalue weighted by Crippen LogP contribution is 2.32. The number of benzene rings is 2. The van der Waals surface area contributed by atoms with Gasteiger partial charge in [0.1, 0.15) is 18.1 Å². The van der Waals surface area contributed by atoms with E-state index < -0.39 is 0 Å². The molecule has 0 unspecified atom stereocenters. The summed E-state index contributed by atoms with van der Waals surface area (Å²) in [6.45, 7) is 2.98. The Morgan fingerprint density at radius 1 is 1.27 bits per heavy atom. The number of halogens is 1. The van der Waals surface area contributed by atoms with Gasteiger partial charge in [0, 0.05) is 5.02 Å². The summed E-state index contributed by atoms with van der Waals surface area (Å²) in [7, 11) is 0. The molecule has 1 amide bonds. The minimum atomic E-state index is -0.0925. The quantitative estimate of drug-likeness (QED) is 0.870. The van der Waals surface area contributed by atoms with Crippen molar-refractivity contribution >= 4 is 23.2 Å². The molecule has 1 aliphatic rings. The normalized spacial score (nSPS) is 13.3. The second-order valence-corrected chi connectivity index (χ2v) is 5.54. The first kappa shape index (κ1) is 14.7. The number of carbonyl (C=O) groups excluding carboxylic acids is 1. The first-order chi connectivity index (χ1) is 10.6. The fourth-order valence-corrected chi connectivity index (χ4v) is 2.47. The lowest BCUT2D eigenvalue weighted by atomic mass is 10.1. The molecule has 0 saturated carbocycles. The molecule has 0 saturated heterocycles. The fraction of sp³-hybridized carbons (Fsp3) is 0.235. The van der Waals surface area contributed by atoms with E-state index in [9.17, 15) is 4.79 Å². The minimum absolute atomic E-state index is 0.0188. The van der Waals surface area contributed by atoms with E-state index in [0.29, 0.717) is 23.9 Å². The zero-order valence-electron chi connectivity index (χ0n) is 12.2. The third-order valence-electron chi connectivity index (χ3n) is 3.45. The smallest absolute Gasteiger partial charge is 0.265 e. The van der Waals surface area contributed by atoms with Crippen molar-refractivity contribution < 1.29 is 14.3 Å². The average molecular weight is 318 g/mol. The number of rotatable bonds is 3. The third-order valence-corrected chi connectivity index (χ3v) is 3.71. The molecule has 0 aromatic heterocycles. The van der Waals surface area contributed by atoms with E-state index in [1.54, 1.807) is 29.2 Å². The Balaban J connectivity index is 1.71. The van der Waals surface area contributed by atoms with Gasteiger partial charge < -0.3 is 14.4 Å². The van der Waals surface area contributed by atoms with E-state index >= 15 is 0 Å². The van der Waals surface area contributed by atoms with Gasteiger partial charge in [-0.15, -0.1) is 0 Å². The van der Waals surface area contributed by atoms with E-state index in [4.69, 9.17) is 21.1 Å². The van der Waals surface area contributed by atoms with Gasteiger partial charge in [0.25, 0.3) is 5.91 Å². The molecule has 0 aliphatic carbocycles. The monoisotopic (exact) mass is 317 g/mol. The summed E-state index contributed by atoms with van der Waals surface area (Å²) in [4.78, 5) is 14.1. The fourth-order valence-electron chi connectivity index (χ4n) is 2.34. The van der Waals surface area contributed by atoms with Gasteiger partial charge in [-0.2, -0.15) is 0 Å². The summed E-state index contributed by atoms with van der Waals surface area (Å²) >= 11 is 5.82. The third kappa shape index (κ3) is 3.17. The number of amides is 1. The predicted octanol–water partition coefficient (Wildman–Crippen LogP) is 3.45. The van der Waals surface area contributed by atoms with Crippen LogP contribution >= 0.6 is 11.6 Å². The van der Waals surface area contributed by atoms with E-state index in [2.05, 4.69) is 0 Å². The first-order valence-corrected chi connectivity index (χ1v) is 7.43. The lowest BCUT2D eigenvalue weighted by Crippen LogP contribution is -2.40. The van der Waals surface area contributed by atoms with Crippen LogP contribution in [-0.2, 0) is 4.79 Å². The zero-order chi connectivity index (χ0) is 15.5. The SMILES string of the molecule is Cc1ccc2c(c1)N(C(=O)COc1ccc(Cl)cc1)CCO2. The minimum Gasteiger partial charge on any atom is -0.490 e. The van der Waals surface area contributed by atoms with Crippen molar-refractivity contribution in [2.24, 2.45) is 0 Å². The van der Waals surface area contributed by atoms with Gasteiger partial charge in [-0.05, 0) is 48.9 Å². The van der Waals surface area contributed by atoms with Crippen molar-refractivity contribution in [1.82, 2.24) is 0 Å². The molecule has 114 valence electrons. The van der Waals surface area contributed by atoms with Crippen molar-refractivity contribution in [2.75, 3.05) is 24.7 Å². The largest absolute Gasteiger partial charge is 0.490 e. The molecule has 0 atom stereocenters. The molecule has 0 radical (unpaired) electrons. The summed E-state index contributed by atoms with van der Waals surface area (Å²) in [6, 6.07) is 12.8. The van der Waals surface area contributed by atoms with E-state index in [1.807, 2.05) is 25.1 Å². The molecule has 2 aromatic rings. The Labute approximate surface area is 134 Å². The van der Waals surface area contributed by atoms with Gasteiger partial charge in [-0.25, -0.2) is 0 Å². The maximum Gasteiger partial charge on any atom is 0.265 e.